The first-order valence-electron chi connectivity index (χ1n) is 8.18. The quantitative estimate of drug-likeness (QED) is 0.307. The van der Waals surface area contributed by atoms with Gasteiger partial charge in [0.15, 0.2) is 0 Å². The van der Waals surface area contributed by atoms with Gasteiger partial charge < -0.3 is 21.0 Å². The fourth-order valence-electron chi connectivity index (χ4n) is 2.50. The average molecular weight is 423 g/mol. The summed E-state index contributed by atoms with van der Waals surface area (Å²) in [6.07, 6.45) is 0.0784. The number of carbonyl (C=O) groups excluding carboxylic acids is 1. The maximum Gasteiger partial charge on any atom is 0.253 e. The van der Waals surface area contributed by atoms with Gasteiger partial charge in [-0.05, 0) is 29.8 Å². The summed E-state index contributed by atoms with van der Waals surface area (Å²) in [6, 6.07) is 10.4. The second-order valence-corrected chi connectivity index (χ2v) is 6.56. The molecule has 9 heteroatoms. The SMILES string of the molecule is CON=C(CC(=O)N=C(N)Cc1cc(Cl)c(N)c(Cl)c1)c1ccccc1OC. The Morgan fingerprint density at radius 3 is 2.39 bits per heavy atom. The number of aliphatic imine (C=N–C) groups is 1. The molecule has 0 heterocycles. The number of nitrogens with zero attached hydrogens (tertiary/aromatic N) is 2. The Balaban J connectivity index is 2.17. The van der Waals surface area contributed by atoms with Crippen molar-refractivity contribution >= 4 is 46.3 Å². The summed E-state index contributed by atoms with van der Waals surface area (Å²) in [5.41, 5.74) is 13.6. The van der Waals surface area contributed by atoms with Crippen molar-refractivity contribution < 1.29 is 14.4 Å². The van der Waals surface area contributed by atoms with Crippen LogP contribution in [0.2, 0.25) is 10.0 Å². The lowest BCUT2D eigenvalue weighted by atomic mass is 10.1. The third kappa shape index (κ3) is 5.61. The molecule has 0 aliphatic carbocycles. The number of ether oxygens (including phenoxy) is 1. The minimum atomic E-state index is -0.480. The smallest absolute Gasteiger partial charge is 0.253 e. The number of halogens is 2. The van der Waals surface area contributed by atoms with Gasteiger partial charge in [0.25, 0.3) is 5.91 Å². The number of hydrogen-bond donors (Lipinski definition) is 2. The Kier molecular flexibility index (Phi) is 7.66. The van der Waals surface area contributed by atoms with E-state index in [0.29, 0.717) is 32.6 Å². The van der Waals surface area contributed by atoms with Crippen LogP contribution in [-0.4, -0.2) is 31.7 Å². The molecule has 0 aliphatic rings. The summed E-state index contributed by atoms with van der Waals surface area (Å²) in [5.74, 6) is 0.194. The molecule has 0 atom stereocenters. The first-order chi connectivity index (χ1) is 13.3. The summed E-state index contributed by atoms with van der Waals surface area (Å²) in [5, 5.41) is 4.55. The number of hydrogen-bond acceptors (Lipinski definition) is 5. The van der Waals surface area contributed by atoms with Gasteiger partial charge >= 0.3 is 0 Å². The average Bonchev–Trinajstić information content (AvgIpc) is 2.65. The molecular weight excluding hydrogens is 403 g/mol. The van der Waals surface area contributed by atoms with E-state index in [0.717, 1.165) is 0 Å². The van der Waals surface area contributed by atoms with Crippen molar-refractivity contribution in [3.8, 4) is 5.75 Å². The van der Waals surface area contributed by atoms with Crippen molar-refractivity contribution in [2.24, 2.45) is 15.9 Å². The van der Waals surface area contributed by atoms with Crippen molar-refractivity contribution in [3.63, 3.8) is 0 Å². The lowest BCUT2D eigenvalue weighted by molar-refractivity contribution is -0.116. The molecule has 2 aromatic rings. The zero-order valence-corrected chi connectivity index (χ0v) is 16.9. The second-order valence-electron chi connectivity index (χ2n) is 5.74. The zero-order valence-electron chi connectivity index (χ0n) is 15.4. The van der Waals surface area contributed by atoms with Gasteiger partial charge in [0.1, 0.15) is 24.4 Å². The van der Waals surface area contributed by atoms with Gasteiger partial charge in [0, 0.05) is 12.0 Å². The molecule has 0 radical (unpaired) electrons. The summed E-state index contributed by atoms with van der Waals surface area (Å²) < 4.78 is 5.30. The summed E-state index contributed by atoms with van der Waals surface area (Å²) in [6.45, 7) is 0. The van der Waals surface area contributed by atoms with E-state index in [4.69, 9.17) is 44.2 Å². The maximum atomic E-state index is 12.4. The van der Waals surface area contributed by atoms with E-state index in [2.05, 4.69) is 10.1 Å². The standard InChI is InChI=1S/C19H20Cl2N4O3/c1-27-16-6-4-3-5-12(16)15(25-28-2)10-18(26)24-17(22)9-11-7-13(20)19(23)14(21)8-11/h3-8H,9-10,23H2,1-2H3,(H2,22,24,26). The van der Waals surface area contributed by atoms with E-state index in [1.54, 1.807) is 30.3 Å². The number of carbonyl (C=O) groups is 1. The molecule has 0 aromatic heterocycles. The fourth-order valence-corrected chi connectivity index (χ4v) is 3.03. The molecule has 2 rings (SSSR count). The monoisotopic (exact) mass is 422 g/mol. The molecule has 0 bridgehead atoms. The van der Waals surface area contributed by atoms with E-state index in [-0.39, 0.29) is 24.4 Å². The van der Waals surface area contributed by atoms with Gasteiger partial charge in [-0.3, -0.25) is 4.79 Å². The summed E-state index contributed by atoms with van der Waals surface area (Å²) >= 11 is 12.0. The van der Waals surface area contributed by atoms with E-state index in [9.17, 15) is 4.79 Å². The number of amidine groups is 1. The number of benzene rings is 2. The van der Waals surface area contributed by atoms with Crippen LogP contribution in [0.3, 0.4) is 0 Å². The minimum absolute atomic E-state index is 0.110. The van der Waals surface area contributed by atoms with Crippen LogP contribution in [-0.2, 0) is 16.1 Å². The van der Waals surface area contributed by atoms with Gasteiger partial charge in [-0.15, -0.1) is 0 Å². The molecule has 0 unspecified atom stereocenters. The molecule has 0 spiro atoms. The molecule has 1 amide bonds. The Bertz CT molecular complexity index is 906. The third-order valence-corrected chi connectivity index (χ3v) is 4.36. The van der Waals surface area contributed by atoms with Gasteiger partial charge in [0.2, 0.25) is 0 Å². The first kappa shape index (κ1) is 21.5. The highest BCUT2D eigenvalue weighted by Crippen LogP contribution is 2.29. The van der Waals surface area contributed by atoms with Gasteiger partial charge in [-0.2, -0.15) is 0 Å². The van der Waals surface area contributed by atoms with Gasteiger partial charge in [0.05, 0.1) is 29.3 Å². The largest absolute Gasteiger partial charge is 0.496 e. The topological polar surface area (TPSA) is 112 Å². The van der Waals surface area contributed by atoms with Gasteiger partial charge in [-0.1, -0.05) is 40.5 Å². The van der Waals surface area contributed by atoms with Crippen LogP contribution in [0.5, 0.6) is 5.75 Å². The van der Waals surface area contributed by atoms with Crippen LogP contribution < -0.4 is 16.2 Å². The minimum Gasteiger partial charge on any atom is -0.496 e. The second kappa shape index (κ2) is 9.96. The third-order valence-electron chi connectivity index (χ3n) is 3.73. The number of methoxy groups -OCH3 is 1. The Labute approximate surface area is 172 Å². The molecule has 0 aliphatic heterocycles. The highest BCUT2D eigenvalue weighted by Gasteiger charge is 2.15. The molecule has 7 nitrogen and oxygen atoms in total. The molecule has 0 fully saturated rings. The molecular formula is C19H20Cl2N4O3. The summed E-state index contributed by atoms with van der Waals surface area (Å²) in [7, 11) is 2.93. The number of oxime groups is 1. The molecule has 28 heavy (non-hydrogen) atoms. The number of rotatable bonds is 7. The van der Waals surface area contributed by atoms with Crippen molar-refractivity contribution in [2.75, 3.05) is 20.0 Å². The van der Waals surface area contributed by atoms with E-state index < -0.39 is 5.91 Å². The first-order valence-corrected chi connectivity index (χ1v) is 8.94. The van der Waals surface area contributed by atoms with Gasteiger partial charge in [-0.25, -0.2) is 4.99 Å². The van der Waals surface area contributed by atoms with E-state index in [1.807, 2.05) is 6.07 Å². The van der Waals surface area contributed by atoms with Crippen LogP contribution >= 0.6 is 23.2 Å². The number of nitrogen functional groups attached to an aromatic ring is 1. The predicted octanol–water partition coefficient (Wildman–Crippen LogP) is 3.45. The van der Waals surface area contributed by atoms with E-state index >= 15 is 0 Å². The summed E-state index contributed by atoms with van der Waals surface area (Å²) in [4.78, 5) is 21.1. The van der Waals surface area contributed by atoms with Crippen molar-refractivity contribution in [2.45, 2.75) is 12.8 Å². The fraction of sp³-hybridized carbons (Fsp3) is 0.211. The normalized spacial score (nSPS) is 12.0. The van der Waals surface area contributed by atoms with Crippen LogP contribution in [0.25, 0.3) is 0 Å². The van der Waals surface area contributed by atoms with Crippen LogP contribution in [0.15, 0.2) is 46.5 Å². The van der Waals surface area contributed by atoms with Crippen LogP contribution in [0.1, 0.15) is 17.5 Å². The maximum absolute atomic E-state index is 12.4. The molecule has 0 saturated carbocycles. The predicted molar refractivity (Wildman–Crippen MR) is 112 cm³/mol. The number of anilines is 1. The van der Waals surface area contributed by atoms with Crippen molar-refractivity contribution in [1.29, 1.82) is 0 Å². The molecule has 4 N–H and O–H groups in total. The van der Waals surface area contributed by atoms with Crippen LogP contribution in [0.4, 0.5) is 5.69 Å². The number of nitrogens with two attached hydrogens (primary N) is 2. The Morgan fingerprint density at radius 1 is 1.14 bits per heavy atom. The number of amides is 1. The lowest BCUT2D eigenvalue weighted by Gasteiger charge is -2.09. The Morgan fingerprint density at radius 2 is 1.79 bits per heavy atom. The van der Waals surface area contributed by atoms with E-state index in [1.165, 1.54) is 14.2 Å². The van der Waals surface area contributed by atoms with Crippen molar-refractivity contribution in [1.82, 2.24) is 0 Å². The molecule has 148 valence electrons. The number of para-hydroxylation sites is 1. The molecule has 2 aromatic carbocycles. The molecule has 0 saturated heterocycles. The zero-order chi connectivity index (χ0) is 20.7. The highest BCUT2D eigenvalue weighted by atomic mass is 35.5. The van der Waals surface area contributed by atoms with Crippen molar-refractivity contribution in [3.05, 3.63) is 57.6 Å². The highest BCUT2D eigenvalue weighted by molar-refractivity contribution is 6.39. The Hall–Kier alpha value is -2.77. The van der Waals surface area contributed by atoms with Crippen LogP contribution in [0, 0.1) is 0 Å². The lowest BCUT2D eigenvalue weighted by Crippen LogP contribution is -2.19.